The van der Waals surface area contributed by atoms with Crippen LogP contribution in [0.1, 0.15) is 20.8 Å². The van der Waals surface area contributed by atoms with Crippen molar-refractivity contribution in [2.75, 3.05) is 19.6 Å². The third-order valence-electron chi connectivity index (χ3n) is 1.75. The second kappa shape index (κ2) is 8.27. The molecule has 1 aromatic rings. The highest BCUT2D eigenvalue weighted by molar-refractivity contribution is 4.72. The lowest BCUT2D eigenvalue weighted by Gasteiger charge is -2.13. The van der Waals surface area contributed by atoms with E-state index >= 15 is 0 Å². The molecule has 1 N–H and O–H groups in total. The standard InChI is InChI=1S/C6H15N.C3H4N2/c1-4-7(5-2)6-3;1-2-4-5-3-1/h4-6H2,1-3H3;1-3H,(H,4,5). The molecular formula is C9H19N3. The summed E-state index contributed by atoms with van der Waals surface area (Å²) in [6, 6.07) is 1.83. The average molecular weight is 169 g/mol. The summed E-state index contributed by atoms with van der Waals surface area (Å²) in [5.41, 5.74) is 0. The van der Waals surface area contributed by atoms with Crippen molar-refractivity contribution in [1.29, 1.82) is 0 Å². The second-order valence-corrected chi connectivity index (χ2v) is 2.39. The SMILES string of the molecule is CCN(CC)CC.c1cn[nH]c1. The summed E-state index contributed by atoms with van der Waals surface area (Å²) >= 11 is 0. The Bertz CT molecular complexity index is 122. The van der Waals surface area contributed by atoms with Crippen molar-refractivity contribution in [2.45, 2.75) is 20.8 Å². The number of aromatic nitrogens is 2. The normalized spacial score (nSPS) is 9.33. The molecule has 0 spiro atoms. The summed E-state index contributed by atoms with van der Waals surface area (Å²) in [4.78, 5) is 2.38. The molecule has 1 aromatic heterocycles. The van der Waals surface area contributed by atoms with Gasteiger partial charge in [0.25, 0.3) is 0 Å². The number of aromatic amines is 1. The van der Waals surface area contributed by atoms with Gasteiger partial charge < -0.3 is 4.90 Å². The summed E-state index contributed by atoms with van der Waals surface area (Å²) in [6.07, 6.45) is 3.46. The van der Waals surface area contributed by atoms with E-state index in [1.807, 2.05) is 6.07 Å². The fourth-order valence-corrected chi connectivity index (χ4v) is 0.886. The van der Waals surface area contributed by atoms with Crippen molar-refractivity contribution in [1.82, 2.24) is 15.1 Å². The van der Waals surface area contributed by atoms with Crippen LogP contribution in [0.2, 0.25) is 0 Å². The van der Waals surface area contributed by atoms with Crippen molar-refractivity contribution in [3.05, 3.63) is 18.5 Å². The molecule has 0 unspecified atom stereocenters. The summed E-state index contributed by atoms with van der Waals surface area (Å²) in [7, 11) is 0. The van der Waals surface area contributed by atoms with Crippen LogP contribution < -0.4 is 0 Å². The topological polar surface area (TPSA) is 31.9 Å². The molecule has 0 aliphatic carbocycles. The Labute approximate surface area is 74.8 Å². The van der Waals surface area contributed by atoms with E-state index in [9.17, 15) is 0 Å². The number of H-pyrrole nitrogens is 1. The van der Waals surface area contributed by atoms with Gasteiger partial charge in [0.2, 0.25) is 0 Å². The van der Waals surface area contributed by atoms with E-state index in [1.54, 1.807) is 12.4 Å². The van der Waals surface area contributed by atoms with Crippen LogP contribution in [0.5, 0.6) is 0 Å². The van der Waals surface area contributed by atoms with E-state index in [0.29, 0.717) is 0 Å². The van der Waals surface area contributed by atoms with Crippen LogP contribution in [0.3, 0.4) is 0 Å². The first-order valence-electron chi connectivity index (χ1n) is 4.51. The van der Waals surface area contributed by atoms with Gasteiger partial charge in [0.05, 0.1) is 0 Å². The van der Waals surface area contributed by atoms with Gasteiger partial charge in [-0.15, -0.1) is 0 Å². The van der Waals surface area contributed by atoms with E-state index in [2.05, 4.69) is 35.9 Å². The van der Waals surface area contributed by atoms with E-state index in [-0.39, 0.29) is 0 Å². The Morgan fingerprint density at radius 3 is 1.83 bits per heavy atom. The Morgan fingerprint density at radius 2 is 1.75 bits per heavy atom. The lowest BCUT2D eigenvalue weighted by atomic mass is 10.5. The van der Waals surface area contributed by atoms with Gasteiger partial charge in [0.1, 0.15) is 0 Å². The van der Waals surface area contributed by atoms with Gasteiger partial charge in [-0.25, -0.2) is 0 Å². The summed E-state index contributed by atoms with van der Waals surface area (Å²) in [5, 5.41) is 6.21. The van der Waals surface area contributed by atoms with Gasteiger partial charge in [0, 0.05) is 12.4 Å². The molecule has 12 heavy (non-hydrogen) atoms. The van der Waals surface area contributed by atoms with Crippen LogP contribution in [0.4, 0.5) is 0 Å². The van der Waals surface area contributed by atoms with Gasteiger partial charge in [-0.2, -0.15) is 5.10 Å². The molecule has 0 saturated heterocycles. The van der Waals surface area contributed by atoms with Gasteiger partial charge in [-0.1, -0.05) is 20.8 Å². The molecule has 3 nitrogen and oxygen atoms in total. The fourth-order valence-electron chi connectivity index (χ4n) is 0.886. The predicted octanol–water partition coefficient (Wildman–Crippen LogP) is 1.76. The smallest absolute Gasteiger partial charge is 0.0487 e. The zero-order valence-corrected chi connectivity index (χ0v) is 8.25. The lowest BCUT2D eigenvalue weighted by molar-refractivity contribution is 0.321. The molecule has 70 valence electrons. The van der Waals surface area contributed by atoms with Crippen LogP contribution >= 0.6 is 0 Å². The molecule has 0 fully saturated rings. The monoisotopic (exact) mass is 169 g/mol. The molecule has 0 saturated carbocycles. The van der Waals surface area contributed by atoms with Crippen molar-refractivity contribution in [3.63, 3.8) is 0 Å². The largest absolute Gasteiger partial charge is 0.304 e. The molecule has 3 heteroatoms. The van der Waals surface area contributed by atoms with Crippen molar-refractivity contribution in [3.8, 4) is 0 Å². The van der Waals surface area contributed by atoms with Crippen LogP contribution in [0, 0.1) is 0 Å². The quantitative estimate of drug-likeness (QED) is 0.747. The number of nitrogens with zero attached hydrogens (tertiary/aromatic N) is 2. The van der Waals surface area contributed by atoms with Crippen LogP contribution in [0.15, 0.2) is 18.5 Å². The van der Waals surface area contributed by atoms with Crippen molar-refractivity contribution >= 4 is 0 Å². The number of hydrogen-bond acceptors (Lipinski definition) is 2. The molecule has 1 rings (SSSR count). The molecule has 1 heterocycles. The maximum absolute atomic E-state index is 3.60. The lowest BCUT2D eigenvalue weighted by Crippen LogP contribution is -2.21. The highest BCUT2D eigenvalue weighted by Crippen LogP contribution is 1.81. The van der Waals surface area contributed by atoms with E-state index < -0.39 is 0 Å². The Balaban J connectivity index is 0.000000211. The first-order chi connectivity index (χ1) is 5.85. The van der Waals surface area contributed by atoms with Crippen LogP contribution in [-0.4, -0.2) is 34.7 Å². The zero-order valence-electron chi connectivity index (χ0n) is 8.25. The summed E-state index contributed by atoms with van der Waals surface area (Å²) in [6.45, 7) is 10.1. The maximum atomic E-state index is 3.60. The third kappa shape index (κ3) is 5.92. The van der Waals surface area contributed by atoms with Crippen LogP contribution in [0.25, 0.3) is 0 Å². The molecule has 0 radical (unpaired) electrons. The minimum absolute atomic E-state index is 1.19. The predicted molar refractivity (Wildman–Crippen MR) is 52.0 cm³/mol. The Morgan fingerprint density at radius 1 is 1.17 bits per heavy atom. The first kappa shape index (κ1) is 11.2. The van der Waals surface area contributed by atoms with Gasteiger partial charge in [0.15, 0.2) is 0 Å². The van der Waals surface area contributed by atoms with Crippen molar-refractivity contribution in [2.24, 2.45) is 0 Å². The highest BCUT2D eigenvalue weighted by Gasteiger charge is 1.89. The summed E-state index contributed by atoms with van der Waals surface area (Å²) in [5.74, 6) is 0. The molecule has 0 amide bonds. The summed E-state index contributed by atoms with van der Waals surface area (Å²) < 4.78 is 0. The Kier molecular flexibility index (Phi) is 7.70. The van der Waals surface area contributed by atoms with Crippen LogP contribution in [-0.2, 0) is 0 Å². The van der Waals surface area contributed by atoms with E-state index in [1.165, 1.54) is 19.6 Å². The molecule has 0 bridgehead atoms. The van der Waals surface area contributed by atoms with E-state index in [0.717, 1.165) is 0 Å². The number of nitrogens with one attached hydrogen (secondary N) is 1. The van der Waals surface area contributed by atoms with Crippen molar-refractivity contribution < 1.29 is 0 Å². The molecule has 0 atom stereocenters. The minimum Gasteiger partial charge on any atom is -0.304 e. The molecule has 0 aliphatic heterocycles. The average Bonchev–Trinajstić information content (AvgIpc) is 2.64. The Hall–Kier alpha value is -0.830. The minimum atomic E-state index is 1.19. The number of rotatable bonds is 3. The maximum Gasteiger partial charge on any atom is 0.0487 e. The fraction of sp³-hybridized carbons (Fsp3) is 0.667. The van der Waals surface area contributed by atoms with Gasteiger partial charge in [-0.05, 0) is 25.7 Å². The third-order valence-corrected chi connectivity index (χ3v) is 1.75. The highest BCUT2D eigenvalue weighted by atomic mass is 15.1. The zero-order chi connectivity index (χ0) is 9.23. The molecule has 0 aliphatic rings. The molecule has 0 aromatic carbocycles. The molecular weight excluding hydrogens is 150 g/mol. The van der Waals surface area contributed by atoms with Gasteiger partial charge in [-0.3, -0.25) is 5.10 Å². The van der Waals surface area contributed by atoms with E-state index in [4.69, 9.17) is 0 Å². The first-order valence-corrected chi connectivity index (χ1v) is 4.51. The van der Waals surface area contributed by atoms with Gasteiger partial charge >= 0.3 is 0 Å². The number of hydrogen-bond donors (Lipinski definition) is 1. The second-order valence-electron chi connectivity index (χ2n) is 2.39.